The molecule has 0 unspecified atom stereocenters. The standard InChI is InChI=1S/C15H28.C13H24.4C3H8/c1-9(2)12-7-11-8-13(15(11,5)6)14(12)10(3)4;1-8(2)12-10-5-6-11(7-10)13(12)9(3)4;4*1-3-2/h9-14H,7-8H2,1-6H3;8-13H,5-7H2,1-4H3;4*3H2,1-2H3/t11-,12+,13-,14+;10-,11+,12-,13-;;;;/m00..../s1. The first-order valence-electron chi connectivity index (χ1n) is 18.6. The first-order valence-corrected chi connectivity index (χ1v) is 18.6. The number of fused-ring (bicyclic) bond motifs is 4. The predicted octanol–water partition coefficient (Wildman–Crippen LogP) is 14.2. The van der Waals surface area contributed by atoms with E-state index in [0.717, 1.165) is 71.0 Å². The molecule has 0 aromatic carbocycles. The minimum atomic E-state index is 0.653. The van der Waals surface area contributed by atoms with Crippen molar-refractivity contribution in [3.63, 3.8) is 0 Å². The van der Waals surface area contributed by atoms with Crippen LogP contribution in [0.3, 0.4) is 0 Å². The summed E-state index contributed by atoms with van der Waals surface area (Å²) in [5, 5.41) is 0. The van der Waals surface area contributed by atoms with Gasteiger partial charge in [-0.25, -0.2) is 0 Å². The smallest absolute Gasteiger partial charge is 0.0294 e. The van der Waals surface area contributed by atoms with Crippen molar-refractivity contribution in [1.29, 1.82) is 0 Å². The molecule has 5 rings (SSSR count). The van der Waals surface area contributed by atoms with Crippen molar-refractivity contribution in [2.24, 2.45) is 76.4 Å². The summed E-state index contributed by atoms with van der Waals surface area (Å²) in [7, 11) is 0. The van der Waals surface area contributed by atoms with Gasteiger partial charge in [0.25, 0.3) is 0 Å². The molecule has 5 fully saturated rings. The molecule has 0 nitrogen and oxygen atoms in total. The monoisotopic (exact) mass is 565 g/mol. The average molecular weight is 565 g/mol. The van der Waals surface area contributed by atoms with Crippen LogP contribution in [0.1, 0.15) is 182 Å². The molecule has 0 heterocycles. The minimum absolute atomic E-state index is 0.653. The Balaban J connectivity index is 0. The maximum absolute atomic E-state index is 2.51. The zero-order chi connectivity index (χ0) is 31.8. The van der Waals surface area contributed by atoms with Crippen molar-refractivity contribution >= 4 is 0 Å². The fourth-order valence-electron chi connectivity index (χ4n) is 8.93. The molecule has 0 N–H and O–H groups in total. The summed E-state index contributed by atoms with van der Waals surface area (Å²) in [6.07, 6.45) is 12.7. The molecule has 0 heteroatoms. The fraction of sp³-hybridized carbons (Fsp3) is 1.00. The summed E-state index contributed by atoms with van der Waals surface area (Å²) >= 11 is 0. The Hall–Kier alpha value is 0. The van der Waals surface area contributed by atoms with E-state index in [1.807, 2.05) is 0 Å². The lowest BCUT2D eigenvalue weighted by Crippen LogP contribution is -2.57. The third-order valence-corrected chi connectivity index (χ3v) is 10.3. The highest BCUT2D eigenvalue weighted by molar-refractivity contribution is 5.07. The Morgan fingerprint density at radius 3 is 1.05 bits per heavy atom. The molecular formula is C40H84. The molecule has 0 aromatic rings. The molecule has 0 aromatic heterocycles. The van der Waals surface area contributed by atoms with E-state index in [4.69, 9.17) is 0 Å². The van der Waals surface area contributed by atoms with Gasteiger partial charge in [0.05, 0.1) is 0 Å². The van der Waals surface area contributed by atoms with E-state index in [1.165, 1.54) is 51.4 Å². The topological polar surface area (TPSA) is 0 Å². The third-order valence-electron chi connectivity index (χ3n) is 10.3. The summed E-state index contributed by atoms with van der Waals surface area (Å²) in [4.78, 5) is 0. The largest absolute Gasteiger partial charge is 0.0656 e. The van der Waals surface area contributed by atoms with E-state index >= 15 is 0 Å². The zero-order valence-corrected chi connectivity index (χ0v) is 31.8. The van der Waals surface area contributed by atoms with Gasteiger partial charge in [0.1, 0.15) is 0 Å². The molecule has 244 valence electrons. The van der Waals surface area contributed by atoms with Crippen molar-refractivity contribution in [3.8, 4) is 0 Å². The highest BCUT2D eigenvalue weighted by Gasteiger charge is 2.58. The number of rotatable bonds is 4. The van der Waals surface area contributed by atoms with Crippen LogP contribution >= 0.6 is 0 Å². The lowest BCUT2D eigenvalue weighted by molar-refractivity contribution is -0.156. The van der Waals surface area contributed by atoms with Gasteiger partial charge in [0, 0.05) is 0 Å². The second-order valence-corrected chi connectivity index (χ2v) is 16.1. The van der Waals surface area contributed by atoms with Crippen LogP contribution in [0.2, 0.25) is 0 Å². The van der Waals surface area contributed by atoms with E-state index in [0.29, 0.717) is 5.41 Å². The lowest BCUT2D eigenvalue weighted by atomic mass is 9.41. The maximum atomic E-state index is 2.51. The lowest BCUT2D eigenvalue weighted by Gasteiger charge is -2.64. The third kappa shape index (κ3) is 12.3. The maximum Gasteiger partial charge on any atom is -0.0294 e. The summed E-state index contributed by atoms with van der Waals surface area (Å²) in [6.45, 7) is 41.5. The number of hydrogen-bond acceptors (Lipinski definition) is 0. The van der Waals surface area contributed by atoms with E-state index < -0.39 is 0 Å². The van der Waals surface area contributed by atoms with Crippen LogP contribution in [-0.4, -0.2) is 0 Å². The first kappa shape index (κ1) is 42.1. The van der Waals surface area contributed by atoms with Crippen LogP contribution in [0.25, 0.3) is 0 Å². The summed E-state index contributed by atoms with van der Waals surface area (Å²) in [6, 6.07) is 0. The van der Waals surface area contributed by atoms with Crippen molar-refractivity contribution in [2.45, 2.75) is 182 Å². The Kier molecular flexibility index (Phi) is 22.8. The quantitative estimate of drug-likeness (QED) is 0.318. The van der Waals surface area contributed by atoms with E-state index in [-0.39, 0.29) is 0 Å². The SMILES string of the molecule is CC(C)[C@@H]1[C@@H](C(C)C)C[C@H]2C[C@@H]1C2(C)C.CC(C)[C@H]1[C@@H]2CC[C@@H](C2)[C@@H]1C(C)C.CCC.CCC.CCC.CCC. The van der Waals surface area contributed by atoms with E-state index in [9.17, 15) is 0 Å². The molecule has 5 aliphatic carbocycles. The van der Waals surface area contributed by atoms with Gasteiger partial charge in [-0.05, 0) is 109 Å². The molecule has 0 radical (unpaired) electrons. The Bertz CT molecular complexity index is 537. The predicted molar refractivity (Wildman–Crippen MR) is 188 cm³/mol. The summed E-state index contributed by atoms with van der Waals surface area (Å²) < 4.78 is 0. The van der Waals surface area contributed by atoms with Crippen LogP contribution in [0.5, 0.6) is 0 Å². The summed E-state index contributed by atoms with van der Waals surface area (Å²) in [5.74, 6) is 11.9. The Morgan fingerprint density at radius 1 is 0.475 bits per heavy atom. The molecule has 0 spiro atoms. The molecule has 0 aliphatic heterocycles. The van der Waals surface area contributed by atoms with Gasteiger partial charge in [0.15, 0.2) is 0 Å². The fourth-order valence-corrected chi connectivity index (χ4v) is 8.93. The first-order chi connectivity index (χ1) is 18.6. The van der Waals surface area contributed by atoms with Crippen molar-refractivity contribution in [1.82, 2.24) is 0 Å². The van der Waals surface area contributed by atoms with E-state index in [2.05, 4.69) is 125 Å². The van der Waals surface area contributed by atoms with Crippen LogP contribution in [0.15, 0.2) is 0 Å². The normalized spacial score (nSPS) is 32.2. The number of hydrogen-bond donors (Lipinski definition) is 0. The van der Waals surface area contributed by atoms with Gasteiger partial charge in [0.2, 0.25) is 0 Å². The molecule has 0 amide bonds. The minimum Gasteiger partial charge on any atom is -0.0656 e. The van der Waals surface area contributed by atoms with E-state index in [1.54, 1.807) is 6.42 Å². The zero-order valence-electron chi connectivity index (χ0n) is 31.8. The Morgan fingerprint density at radius 2 is 0.800 bits per heavy atom. The molecule has 4 bridgehead atoms. The molecular weight excluding hydrogens is 480 g/mol. The second-order valence-electron chi connectivity index (χ2n) is 16.1. The van der Waals surface area contributed by atoms with Gasteiger partial charge >= 0.3 is 0 Å². The van der Waals surface area contributed by atoms with Gasteiger partial charge in [-0.2, -0.15) is 0 Å². The van der Waals surface area contributed by atoms with Gasteiger partial charge in [-0.15, -0.1) is 0 Å². The van der Waals surface area contributed by atoms with Crippen molar-refractivity contribution < 1.29 is 0 Å². The molecule has 5 saturated carbocycles. The van der Waals surface area contributed by atoms with Gasteiger partial charge in [-0.3, -0.25) is 0 Å². The van der Waals surface area contributed by atoms with Crippen LogP contribution in [0, 0.1) is 76.4 Å². The van der Waals surface area contributed by atoms with Crippen LogP contribution < -0.4 is 0 Å². The second kappa shape index (κ2) is 21.7. The van der Waals surface area contributed by atoms with Crippen molar-refractivity contribution in [2.75, 3.05) is 0 Å². The molecule has 8 atom stereocenters. The highest BCUT2D eigenvalue weighted by Crippen LogP contribution is 2.65. The van der Waals surface area contributed by atoms with Crippen LogP contribution in [-0.2, 0) is 0 Å². The van der Waals surface area contributed by atoms with Gasteiger partial charge < -0.3 is 0 Å². The molecule has 5 aliphatic rings. The molecule has 0 saturated heterocycles. The van der Waals surface area contributed by atoms with Crippen LogP contribution in [0.4, 0.5) is 0 Å². The summed E-state index contributed by atoms with van der Waals surface area (Å²) in [5.41, 5.74) is 0.653. The average Bonchev–Trinajstić information content (AvgIpc) is 3.48. The highest BCUT2D eigenvalue weighted by atomic mass is 14.6. The van der Waals surface area contributed by atoms with Crippen molar-refractivity contribution in [3.05, 3.63) is 0 Å². The molecule has 40 heavy (non-hydrogen) atoms. The van der Waals surface area contributed by atoms with Gasteiger partial charge in [-0.1, -0.05) is 150 Å². The Labute approximate surface area is 258 Å².